The Hall–Kier alpha value is -1.19. The smallest absolute Gasteiger partial charge is 0.359 e. The molecule has 0 amide bonds. The molecule has 0 fully saturated rings. The number of aromatic amines is 1. The second kappa shape index (κ2) is 1.14. The number of hydrogen-bond donors (Lipinski definition) is 2. The van der Waals surface area contributed by atoms with Crippen molar-refractivity contribution in [2.24, 2.45) is 0 Å². The first kappa shape index (κ1) is 3.98. The number of hydrogen-bond acceptors (Lipinski definition) is 3. The van der Waals surface area contributed by atoms with Crippen molar-refractivity contribution >= 4 is 5.82 Å². The summed E-state index contributed by atoms with van der Waals surface area (Å²) in [5.41, 5.74) is 4.58. The molecule has 0 bridgehead atoms. The molecule has 1 aromatic heterocycles. The van der Waals surface area contributed by atoms with Gasteiger partial charge in [-0.25, -0.2) is 9.95 Å². The highest BCUT2D eigenvalue weighted by Gasteiger charge is 1.85. The van der Waals surface area contributed by atoms with Gasteiger partial charge in [-0.05, 0) is 0 Å². The van der Waals surface area contributed by atoms with Gasteiger partial charge < -0.3 is 10.3 Å². The second-order valence-corrected chi connectivity index (χ2v) is 1.12. The topological polar surface area (TPSA) is 72.0 Å². The fraction of sp³-hybridized carbons (Fsp3) is 0. The summed E-state index contributed by atoms with van der Waals surface area (Å²) < 4.78 is 4.16. The molecule has 0 aromatic carbocycles. The molecule has 0 radical (unpaired) electrons. The molecule has 0 spiro atoms. The van der Waals surface area contributed by atoms with Gasteiger partial charge in [0.15, 0.2) is 0 Å². The first-order valence-corrected chi connectivity index (χ1v) is 1.73. The van der Waals surface area contributed by atoms with Gasteiger partial charge in [0, 0.05) is 0 Å². The van der Waals surface area contributed by atoms with Gasteiger partial charge in [-0.1, -0.05) is 0 Å². The van der Waals surface area contributed by atoms with Crippen LogP contribution in [0.15, 0.2) is 15.4 Å². The molecule has 1 aromatic rings. The summed E-state index contributed by atoms with van der Waals surface area (Å²) in [4.78, 5) is 10.0. The number of nitrogens with one attached hydrogen (secondary N) is 1. The van der Waals surface area contributed by atoms with Crippen molar-refractivity contribution in [2.75, 3.05) is 5.73 Å². The van der Waals surface area contributed by atoms with Crippen molar-refractivity contribution in [2.45, 2.75) is 0 Å². The third-order valence-electron chi connectivity index (χ3n) is 0.543. The van der Waals surface area contributed by atoms with E-state index in [0.717, 1.165) is 0 Å². The SMILES string of the molecule is Nc1cc(=O)o[nH]1. The summed E-state index contributed by atoms with van der Waals surface area (Å²) >= 11 is 0. The van der Waals surface area contributed by atoms with E-state index in [-0.39, 0.29) is 5.82 Å². The van der Waals surface area contributed by atoms with Crippen molar-refractivity contribution < 1.29 is 4.52 Å². The lowest BCUT2D eigenvalue weighted by Gasteiger charge is -1.68. The molecule has 38 valence electrons. The van der Waals surface area contributed by atoms with Gasteiger partial charge in [0.25, 0.3) is 0 Å². The molecule has 0 unspecified atom stereocenters. The van der Waals surface area contributed by atoms with E-state index in [1.165, 1.54) is 6.07 Å². The normalized spacial score (nSPS) is 9.14. The summed E-state index contributed by atoms with van der Waals surface area (Å²) in [6, 6.07) is 1.17. The average molecular weight is 100 g/mol. The van der Waals surface area contributed by atoms with Crippen molar-refractivity contribution in [1.82, 2.24) is 5.16 Å². The monoisotopic (exact) mass is 100 g/mol. The molecule has 4 heteroatoms. The zero-order valence-corrected chi connectivity index (χ0v) is 3.47. The lowest BCUT2D eigenvalue weighted by Crippen LogP contribution is -1.86. The summed E-state index contributed by atoms with van der Waals surface area (Å²) in [6.45, 7) is 0. The van der Waals surface area contributed by atoms with Crippen LogP contribution in [-0.4, -0.2) is 5.16 Å². The largest absolute Gasteiger partial charge is 0.383 e. The Kier molecular flexibility index (Phi) is 0.651. The van der Waals surface area contributed by atoms with Gasteiger partial charge >= 0.3 is 5.63 Å². The molecule has 1 heterocycles. The molecule has 1 rings (SSSR count). The van der Waals surface area contributed by atoms with Crippen LogP contribution in [0.5, 0.6) is 0 Å². The molecule has 0 saturated carbocycles. The third kappa shape index (κ3) is 0.623. The van der Waals surface area contributed by atoms with Crippen LogP contribution in [0.25, 0.3) is 0 Å². The van der Waals surface area contributed by atoms with Gasteiger partial charge in [0.2, 0.25) is 0 Å². The van der Waals surface area contributed by atoms with Crippen molar-refractivity contribution in [3.63, 3.8) is 0 Å². The lowest BCUT2D eigenvalue weighted by atomic mass is 10.7. The van der Waals surface area contributed by atoms with Crippen molar-refractivity contribution in [3.05, 3.63) is 16.5 Å². The van der Waals surface area contributed by atoms with Gasteiger partial charge in [0.1, 0.15) is 5.82 Å². The Morgan fingerprint density at radius 1 is 1.86 bits per heavy atom. The molecule has 0 aliphatic rings. The molecule has 3 N–H and O–H groups in total. The number of nitrogens with two attached hydrogens (primary N) is 1. The minimum absolute atomic E-state index is 0.255. The minimum Gasteiger partial charge on any atom is -0.383 e. The third-order valence-corrected chi connectivity index (χ3v) is 0.543. The van der Waals surface area contributed by atoms with Crippen molar-refractivity contribution in [1.29, 1.82) is 0 Å². The Morgan fingerprint density at radius 3 is 2.71 bits per heavy atom. The summed E-state index contributed by atoms with van der Waals surface area (Å²) in [7, 11) is 0. The summed E-state index contributed by atoms with van der Waals surface area (Å²) in [6.07, 6.45) is 0. The number of anilines is 1. The van der Waals surface area contributed by atoms with Gasteiger partial charge in [-0.2, -0.15) is 0 Å². The Balaban J connectivity index is 3.30. The number of aromatic nitrogens is 1. The highest BCUT2D eigenvalue weighted by atomic mass is 16.5. The molecule has 0 aliphatic carbocycles. The van der Waals surface area contributed by atoms with Crippen LogP contribution in [0.3, 0.4) is 0 Å². The van der Waals surface area contributed by atoms with Crippen LogP contribution in [0, 0.1) is 0 Å². The van der Waals surface area contributed by atoms with E-state index in [2.05, 4.69) is 9.68 Å². The van der Waals surface area contributed by atoms with E-state index in [1.807, 2.05) is 0 Å². The van der Waals surface area contributed by atoms with Crippen LogP contribution in [0.4, 0.5) is 5.82 Å². The van der Waals surface area contributed by atoms with E-state index in [9.17, 15) is 4.79 Å². The van der Waals surface area contributed by atoms with E-state index in [0.29, 0.717) is 0 Å². The van der Waals surface area contributed by atoms with E-state index in [4.69, 9.17) is 5.73 Å². The maximum atomic E-state index is 10.0. The molecular formula is C3H4N2O2. The first-order valence-electron chi connectivity index (χ1n) is 1.73. The van der Waals surface area contributed by atoms with E-state index >= 15 is 0 Å². The molecule has 4 nitrogen and oxygen atoms in total. The Morgan fingerprint density at radius 2 is 2.57 bits per heavy atom. The number of rotatable bonds is 0. The number of nitrogen functional groups attached to an aromatic ring is 1. The highest BCUT2D eigenvalue weighted by molar-refractivity contribution is 5.21. The predicted octanol–water partition coefficient (Wildman–Crippen LogP) is -0.450. The summed E-state index contributed by atoms with van der Waals surface area (Å²) in [5.74, 6) is 0.255. The first-order chi connectivity index (χ1) is 3.29. The molecule has 0 atom stereocenters. The fourth-order valence-electron chi connectivity index (χ4n) is 0.295. The summed E-state index contributed by atoms with van der Waals surface area (Å²) in [5, 5.41) is 2.16. The number of H-pyrrole nitrogens is 1. The maximum Gasteiger partial charge on any atom is 0.359 e. The van der Waals surface area contributed by atoms with Crippen molar-refractivity contribution in [3.8, 4) is 0 Å². The quantitative estimate of drug-likeness (QED) is 0.463. The molecule has 0 saturated heterocycles. The maximum absolute atomic E-state index is 10.0. The van der Waals surface area contributed by atoms with Crippen LogP contribution < -0.4 is 11.4 Å². The lowest BCUT2D eigenvalue weighted by molar-refractivity contribution is 0.394. The van der Waals surface area contributed by atoms with Gasteiger partial charge in [0.05, 0.1) is 6.07 Å². The van der Waals surface area contributed by atoms with Gasteiger partial charge in [-0.3, -0.25) is 0 Å². The molecular weight excluding hydrogens is 96.0 g/mol. The van der Waals surface area contributed by atoms with Crippen LogP contribution >= 0.6 is 0 Å². The zero-order valence-electron chi connectivity index (χ0n) is 3.47. The highest BCUT2D eigenvalue weighted by Crippen LogP contribution is 1.83. The standard InChI is InChI=1S/C3H4N2O2/c4-2-1-3(6)7-5-2/h1,5H,4H2. The zero-order chi connectivity index (χ0) is 5.28. The van der Waals surface area contributed by atoms with Crippen LogP contribution in [0.2, 0.25) is 0 Å². The molecule has 7 heavy (non-hydrogen) atoms. The molecule has 0 aliphatic heterocycles. The second-order valence-electron chi connectivity index (χ2n) is 1.12. The average Bonchev–Trinajstić information content (AvgIpc) is 1.87. The Labute approximate surface area is 38.9 Å². The fourth-order valence-corrected chi connectivity index (χ4v) is 0.295. The minimum atomic E-state index is -0.447. The van der Waals surface area contributed by atoms with Crippen LogP contribution in [0.1, 0.15) is 0 Å². The van der Waals surface area contributed by atoms with E-state index < -0.39 is 5.63 Å². The van der Waals surface area contributed by atoms with Crippen LogP contribution in [-0.2, 0) is 0 Å². The predicted molar refractivity (Wildman–Crippen MR) is 23.7 cm³/mol. The Bertz CT molecular complexity index is 199. The van der Waals surface area contributed by atoms with Gasteiger partial charge in [-0.15, -0.1) is 0 Å². The van der Waals surface area contributed by atoms with E-state index in [1.54, 1.807) is 0 Å².